The normalized spacial score (nSPS) is 21.3. The van der Waals surface area contributed by atoms with Gasteiger partial charge in [0.15, 0.2) is 10.8 Å². The van der Waals surface area contributed by atoms with E-state index >= 15 is 0 Å². The molecule has 19 heteroatoms. The number of β-lactam (4-membered cyclic amide) rings is 1. The van der Waals surface area contributed by atoms with Crippen LogP contribution in [0, 0.1) is 0 Å². The molecule has 3 heterocycles. The first-order valence-corrected chi connectivity index (χ1v) is 14.7. The molecule has 4 amide bonds. The minimum atomic E-state index is -1.59. The van der Waals surface area contributed by atoms with Gasteiger partial charge in [0, 0.05) is 5.38 Å². The average Bonchev–Trinajstić information content (AvgIpc) is 3.42. The van der Waals surface area contributed by atoms with Crippen molar-refractivity contribution in [1.82, 2.24) is 25.1 Å². The number of ether oxygens (including phenoxy) is 1. The van der Waals surface area contributed by atoms with Crippen molar-refractivity contribution in [2.75, 3.05) is 24.7 Å². The van der Waals surface area contributed by atoms with Crippen LogP contribution in [0.5, 0.6) is 0 Å². The van der Waals surface area contributed by atoms with Crippen LogP contribution in [0.2, 0.25) is 0 Å². The third kappa shape index (κ3) is 7.63. The number of nitrogens with zero attached hydrogens (tertiary/aromatic N) is 5. The zero-order valence-corrected chi connectivity index (χ0v) is 26.0. The molecule has 2 aliphatic rings. The number of thiazole rings is 1. The molecule has 0 unspecified atom stereocenters. The molecule has 2 aliphatic heterocycles. The van der Waals surface area contributed by atoms with Crippen molar-refractivity contribution in [1.29, 1.82) is 0 Å². The average molecular weight is 627 g/mol. The van der Waals surface area contributed by atoms with E-state index < -0.39 is 46.4 Å². The van der Waals surface area contributed by atoms with Crippen molar-refractivity contribution >= 4 is 71.8 Å². The molecule has 0 aromatic carbocycles. The van der Waals surface area contributed by atoms with Crippen molar-refractivity contribution in [2.24, 2.45) is 11.0 Å². The number of carbonyl (C=O) groups excluding carboxylic acids is 5. The van der Waals surface area contributed by atoms with Gasteiger partial charge in [-0.25, -0.2) is 20.4 Å². The summed E-state index contributed by atoms with van der Waals surface area (Å²) in [6.07, 6.45) is 0. The fraction of sp³-hybridized carbons (Fsp3) is 0.609. The Morgan fingerprint density at radius 2 is 1.90 bits per heavy atom. The summed E-state index contributed by atoms with van der Waals surface area (Å²) < 4.78 is 10.1. The number of carbonyl (C=O) groups is 5. The van der Waals surface area contributed by atoms with Crippen molar-refractivity contribution in [3.8, 4) is 0 Å². The molecule has 0 bridgehead atoms. The van der Waals surface area contributed by atoms with Crippen molar-refractivity contribution in [3.63, 3.8) is 0 Å². The van der Waals surface area contributed by atoms with Crippen molar-refractivity contribution < 1.29 is 38.2 Å². The van der Waals surface area contributed by atoms with Crippen LogP contribution < -0.4 is 16.9 Å². The number of urea groups is 1. The zero-order chi connectivity index (χ0) is 31.6. The van der Waals surface area contributed by atoms with E-state index in [0.29, 0.717) is 6.54 Å². The SMILES string of the molecule is BOC(=O)CN1C(=O)[C@@H](NC(=O)/C(=N\OC(C)(C)C(=O)OC(C)(C)C)c2csc(N)n2)[C@H]1SCN1C(=O)N(N)C[C@H]1C. The van der Waals surface area contributed by atoms with Crippen LogP contribution in [0.3, 0.4) is 0 Å². The fourth-order valence-corrected chi connectivity index (χ4v) is 5.74. The van der Waals surface area contributed by atoms with Gasteiger partial charge in [0.1, 0.15) is 29.3 Å². The van der Waals surface area contributed by atoms with Crippen LogP contribution in [-0.2, 0) is 33.4 Å². The number of nitrogen functional groups attached to an aromatic ring is 1. The molecule has 0 radical (unpaired) electrons. The van der Waals surface area contributed by atoms with E-state index in [2.05, 4.69) is 15.5 Å². The summed E-state index contributed by atoms with van der Waals surface area (Å²) in [4.78, 5) is 75.8. The second-order valence-electron chi connectivity index (χ2n) is 11.0. The second kappa shape index (κ2) is 12.7. The molecule has 230 valence electrons. The highest BCUT2D eigenvalue weighted by atomic mass is 32.2. The first kappa shape index (κ1) is 32.9. The molecular weight excluding hydrogens is 591 g/mol. The number of anilines is 1. The number of nitrogens with two attached hydrogens (primary N) is 2. The number of hydrogen-bond donors (Lipinski definition) is 3. The number of likely N-dealkylation sites (tertiary alicyclic amines) is 1. The van der Waals surface area contributed by atoms with Gasteiger partial charge in [0.05, 0.1) is 18.5 Å². The van der Waals surface area contributed by atoms with Crippen molar-refractivity contribution in [3.05, 3.63) is 11.1 Å². The maximum Gasteiger partial charge on any atom is 0.353 e. The topological polar surface area (TPSA) is 212 Å². The first-order chi connectivity index (χ1) is 19.4. The summed E-state index contributed by atoms with van der Waals surface area (Å²) in [5.41, 5.74) is 3.09. The van der Waals surface area contributed by atoms with Crippen molar-refractivity contribution in [2.45, 2.75) is 70.2 Å². The molecule has 0 spiro atoms. The van der Waals surface area contributed by atoms with E-state index in [1.807, 2.05) is 6.92 Å². The summed E-state index contributed by atoms with van der Waals surface area (Å²) >= 11 is 2.21. The summed E-state index contributed by atoms with van der Waals surface area (Å²) in [5, 5.41) is 8.49. The Bertz CT molecular complexity index is 1270. The monoisotopic (exact) mass is 626 g/mol. The lowest BCUT2D eigenvalue weighted by Gasteiger charge is -2.46. The van der Waals surface area contributed by atoms with Crippen LogP contribution in [0.15, 0.2) is 10.5 Å². The van der Waals surface area contributed by atoms with Crippen LogP contribution in [0.1, 0.15) is 47.2 Å². The highest BCUT2D eigenvalue weighted by Crippen LogP contribution is 2.32. The number of thioether (sulfide) groups is 1. The molecule has 0 saturated carbocycles. The maximum atomic E-state index is 13.5. The number of hydrazine groups is 1. The highest BCUT2D eigenvalue weighted by Gasteiger charge is 2.50. The summed E-state index contributed by atoms with van der Waals surface area (Å²) in [7, 11) is 1.19. The molecule has 1 aromatic rings. The van der Waals surface area contributed by atoms with E-state index in [-0.39, 0.29) is 41.0 Å². The minimum Gasteiger partial charge on any atom is -0.542 e. The Morgan fingerprint density at radius 1 is 1.24 bits per heavy atom. The lowest BCUT2D eigenvalue weighted by Crippen LogP contribution is -2.71. The number of oxime groups is 1. The van der Waals surface area contributed by atoms with Crippen LogP contribution in [0.25, 0.3) is 0 Å². The van der Waals surface area contributed by atoms with Crippen LogP contribution >= 0.6 is 23.1 Å². The minimum absolute atomic E-state index is 0.0527. The molecule has 2 saturated heterocycles. The predicted octanol–water partition coefficient (Wildman–Crippen LogP) is -0.999. The van der Waals surface area contributed by atoms with Gasteiger partial charge < -0.3 is 35.1 Å². The predicted molar refractivity (Wildman–Crippen MR) is 156 cm³/mol. The fourth-order valence-electron chi connectivity index (χ4n) is 3.78. The number of nitrogens with one attached hydrogen (secondary N) is 1. The highest BCUT2D eigenvalue weighted by molar-refractivity contribution is 8.00. The number of amides is 4. The summed E-state index contributed by atoms with van der Waals surface area (Å²) in [6, 6.07) is -1.68. The van der Waals surface area contributed by atoms with Crippen LogP contribution in [-0.4, -0.2) is 111 Å². The van der Waals surface area contributed by atoms with E-state index in [9.17, 15) is 24.0 Å². The molecule has 16 nitrogen and oxygen atoms in total. The second-order valence-corrected chi connectivity index (χ2v) is 13.0. The largest absolute Gasteiger partial charge is 0.542 e. The van der Waals surface area contributed by atoms with E-state index in [1.165, 1.54) is 37.1 Å². The van der Waals surface area contributed by atoms with Gasteiger partial charge in [0.25, 0.3) is 5.91 Å². The molecule has 42 heavy (non-hydrogen) atoms. The molecule has 1 aromatic heterocycles. The van der Waals surface area contributed by atoms with Gasteiger partial charge in [-0.05, 0) is 41.5 Å². The zero-order valence-electron chi connectivity index (χ0n) is 24.4. The lowest BCUT2D eigenvalue weighted by molar-refractivity contribution is -0.179. The molecule has 3 rings (SSSR count). The summed E-state index contributed by atoms with van der Waals surface area (Å²) in [5.74, 6) is 3.07. The van der Waals surface area contributed by atoms with E-state index in [4.69, 9.17) is 25.8 Å². The van der Waals surface area contributed by atoms with Gasteiger partial charge in [0.2, 0.25) is 11.5 Å². The molecule has 3 atom stereocenters. The molecule has 5 N–H and O–H groups in total. The van der Waals surface area contributed by atoms with E-state index in [0.717, 1.165) is 28.1 Å². The van der Waals surface area contributed by atoms with Crippen LogP contribution in [0.4, 0.5) is 9.93 Å². The van der Waals surface area contributed by atoms with Gasteiger partial charge in [-0.3, -0.25) is 19.4 Å². The van der Waals surface area contributed by atoms with Gasteiger partial charge in [-0.1, -0.05) is 5.16 Å². The smallest absolute Gasteiger partial charge is 0.353 e. The molecular formula is C23H35BN8O8S2. The third-order valence-electron chi connectivity index (χ3n) is 6.06. The first-order valence-electron chi connectivity index (χ1n) is 12.8. The Morgan fingerprint density at radius 3 is 2.43 bits per heavy atom. The van der Waals surface area contributed by atoms with Gasteiger partial charge in [-0.2, -0.15) is 0 Å². The number of hydrogen-bond acceptors (Lipinski definition) is 14. The maximum absolute atomic E-state index is 13.5. The Kier molecular flexibility index (Phi) is 9.99. The number of rotatable bonds is 11. The standard InChI is InChI=1S/C23H35BN8O8S2/c1-11-7-32(26)21(37)31(11)10-42-18-15(17(35)30(18)8-13(33)39-24)28-16(34)14(12-9-41-20(25)27-12)29-40-23(5,6)19(36)38-22(2,3)4/h9,11,15,18H,7-8,10,24,26H2,1-6H3,(H2,25,27)(H,28,34)/b29-14-/t11-,15-,18-/m1/s1. The third-order valence-corrected chi connectivity index (χ3v) is 8.03. The van der Waals surface area contributed by atoms with Gasteiger partial charge in [-0.15, -0.1) is 23.1 Å². The molecule has 2 fully saturated rings. The quantitative estimate of drug-likeness (QED) is 0.0514. The number of esters is 1. The number of aromatic nitrogens is 1. The lowest BCUT2D eigenvalue weighted by atomic mass is 10.1. The molecule has 0 aliphatic carbocycles. The van der Waals surface area contributed by atoms with E-state index in [1.54, 1.807) is 20.8 Å². The Labute approximate surface area is 251 Å². The Balaban J connectivity index is 1.82. The Hall–Kier alpha value is -3.58. The summed E-state index contributed by atoms with van der Waals surface area (Å²) in [6.45, 7) is 9.72. The van der Waals surface area contributed by atoms with Gasteiger partial charge >= 0.3 is 26.0 Å².